The van der Waals surface area contributed by atoms with Crippen LogP contribution in [0.1, 0.15) is 24.5 Å². The number of hydrazine groups is 1. The molecule has 3 nitrogen and oxygen atoms in total. The molecule has 1 aromatic carbocycles. The van der Waals surface area contributed by atoms with E-state index in [9.17, 15) is 4.79 Å². The molecule has 0 atom stereocenters. The summed E-state index contributed by atoms with van der Waals surface area (Å²) in [7, 11) is 1.93. The SMILES string of the molecule is CCC(=C=O)N(C)N1Cc2ccccc2C1. The maximum Gasteiger partial charge on any atom is 0.147 e. The maximum atomic E-state index is 10.8. The Morgan fingerprint density at radius 1 is 1.38 bits per heavy atom. The molecule has 0 bridgehead atoms. The molecule has 0 spiro atoms. The van der Waals surface area contributed by atoms with Crippen LogP contribution in [0.4, 0.5) is 0 Å². The number of nitrogens with zero attached hydrogens (tertiary/aromatic N) is 2. The second-order valence-corrected chi connectivity index (χ2v) is 4.02. The normalized spacial score (nSPS) is 14.4. The van der Waals surface area contributed by atoms with Crippen molar-refractivity contribution >= 4 is 5.94 Å². The fraction of sp³-hybridized carbons (Fsp3) is 0.385. The van der Waals surface area contributed by atoms with Crippen molar-refractivity contribution in [2.45, 2.75) is 26.4 Å². The van der Waals surface area contributed by atoms with E-state index in [1.54, 1.807) is 0 Å². The predicted molar refractivity (Wildman–Crippen MR) is 62.9 cm³/mol. The lowest BCUT2D eigenvalue weighted by Crippen LogP contribution is -2.35. The highest BCUT2D eigenvalue weighted by Crippen LogP contribution is 2.24. The van der Waals surface area contributed by atoms with Gasteiger partial charge in [0.2, 0.25) is 0 Å². The lowest BCUT2D eigenvalue weighted by molar-refractivity contribution is 0.0278. The summed E-state index contributed by atoms with van der Waals surface area (Å²) in [6, 6.07) is 8.39. The third-order valence-corrected chi connectivity index (χ3v) is 3.09. The minimum Gasteiger partial charge on any atom is -0.302 e. The van der Waals surface area contributed by atoms with Gasteiger partial charge in [0.1, 0.15) is 11.6 Å². The summed E-state index contributed by atoms with van der Waals surface area (Å²) in [5.41, 5.74) is 3.39. The molecule has 0 N–H and O–H groups in total. The van der Waals surface area contributed by atoms with E-state index in [1.165, 1.54) is 11.1 Å². The third-order valence-electron chi connectivity index (χ3n) is 3.09. The highest BCUT2D eigenvalue weighted by atomic mass is 16.1. The van der Waals surface area contributed by atoms with Gasteiger partial charge in [-0.15, -0.1) is 0 Å². The average Bonchev–Trinajstić information content (AvgIpc) is 2.74. The molecule has 1 aromatic rings. The Morgan fingerprint density at radius 3 is 2.38 bits per heavy atom. The van der Waals surface area contributed by atoms with Gasteiger partial charge >= 0.3 is 0 Å². The molecule has 0 radical (unpaired) electrons. The maximum absolute atomic E-state index is 10.8. The third kappa shape index (κ3) is 1.87. The molecule has 0 saturated heterocycles. The smallest absolute Gasteiger partial charge is 0.147 e. The first-order valence-corrected chi connectivity index (χ1v) is 5.55. The van der Waals surface area contributed by atoms with Crippen molar-refractivity contribution in [2.24, 2.45) is 0 Å². The number of benzene rings is 1. The predicted octanol–water partition coefficient (Wildman–Crippen LogP) is 1.97. The van der Waals surface area contributed by atoms with Crippen molar-refractivity contribution in [1.29, 1.82) is 0 Å². The molecular formula is C13H16N2O. The van der Waals surface area contributed by atoms with Gasteiger partial charge in [-0.05, 0) is 17.5 Å². The summed E-state index contributed by atoms with van der Waals surface area (Å²) in [4.78, 5) is 10.8. The highest BCUT2D eigenvalue weighted by Gasteiger charge is 2.22. The lowest BCUT2D eigenvalue weighted by atomic mass is 10.1. The van der Waals surface area contributed by atoms with Crippen LogP contribution in [0.3, 0.4) is 0 Å². The summed E-state index contributed by atoms with van der Waals surface area (Å²) < 4.78 is 0. The van der Waals surface area contributed by atoms with E-state index >= 15 is 0 Å². The van der Waals surface area contributed by atoms with Gasteiger partial charge in [-0.25, -0.2) is 9.80 Å². The minimum atomic E-state index is 0.702. The van der Waals surface area contributed by atoms with Crippen molar-refractivity contribution in [3.8, 4) is 0 Å². The van der Waals surface area contributed by atoms with E-state index in [-0.39, 0.29) is 0 Å². The van der Waals surface area contributed by atoms with Crippen LogP contribution in [-0.2, 0) is 17.9 Å². The summed E-state index contributed by atoms with van der Waals surface area (Å²) in [6.45, 7) is 3.72. The first-order valence-electron chi connectivity index (χ1n) is 5.55. The largest absolute Gasteiger partial charge is 0.302 e. The van der Waals surface area contributed by atoms with E-state index in [1.807, 2.05) is 24.9 Å². The fourth-order valence-electron chi connectivity index (χ4n) is 2.07. The van der Waals surface area contributed by atoms with Crippen molar-refractivity contribution in [2.75, 3.05) is 7.05 Å². The van der Waals surface area contributed by atoms with Gasteiger partial charge in [0.15, 0.2) is 0 Å². The monoisotopic (exact) mass is 216 g/mol. The number of fused-ring (bicyclic) bond motifs is 1. The Balaban J connectivity index is 2.14. The van der Waals surface area contributed by atoms with Crippen LogP contribution in [0.5, 0.6) is 0 Å². The van der Waals surface area contributed by atoms with E-state index in [0.29, 0.717) is 12.1 Å². The topological polar surface area (TPSA) is 23.6 Å². The van der Waals surface area contributed by atoms with E-state index < -0.39 is 0 Å². The van der Waals surface area contributed by atoms with Gasteiger partial charge in [0.25, 0.3) is 0 Å². The van der Waals surface area contributed by atoms with Crippen LogP contribution in [-0.4, -0.2) is 23.0 Å². The van der Waals surface area contributed by atoms with E-state index in [4.69, 9.17) is 0 Å². The molecule has 84 valence electrons. The Labute approximate surface area is 95.9 Å². The standard InChI is InChI=1S/C13H16N2O/c1-3-13(10-16)14(2)15-8-11-6-4-5-7-12(11)9-15/h4-7H,3,8-9H2,1-2H3. The van der Waals surface area contributed by atoms with Gasteiger partial charge in [0, 0.05) is 20.1 Å². The molecule has 0 aliphatic carbocycles. The van der Waals surface area contributed by atoms with Crippen molar-refractivity contribution in [3.05, 3.63) is 41.1 Å². The molecule has 0 aromatic heterocycles. The number of carbonyl (C=O) groups excluding carboxylic acids is 1. The first-order chi connectivity index (χ1) is 7.76. The average molecular weight is 216 g/mol. The molecule has 3 heteroatoms. The minimum absolute atomic E-state index is 0.702. The van der Waals surface area contributed by atoms with Crippen LogP contribution in [0.15, 0.2) is 30.0 Å². The van der Waals surface area contributed by atoms with Crippen LogP contribution in [0, 0.1) is 0 Å². The molecule has 1 aliphatic rings. The molecule has 1 aliphatic heterocycles. The number of allylic oxidation sites excluding steroid dienone is 1. The zero-order chi connectivity index (χ0) is 11.5. The first kappa shape index (κ1) is 10.9. The summed E-state index contributed by atoms with van der Waals surface area (Å²) in [5.74, 6) is 2.01. The van der Waals surface area contributed by atoms with Gasteiger partial charge < -0.3 is 5.01 Å². The summed E-state index contributed by atoms with van der Waals surface area (Å²) in [6.07, 6.45) is 0.715. The molecule has 0 saturated carbocycles. The second kappa shape index (κ2) is 4.52. The van der Waals surface area contributed by atoms with Gasteiger partial charge in [-0.1, -0.05) is 31.2 Å². The fourth-order valence-corrected chi connectivity index (χ4v) is 2.07. The second-order valence-electron chi connectivity index (χ2n) is 4.02. The zero-order valence-electron chi connectivity index (χ0n) is 9.73. The zero-order valence-corrected chi connectivity index (χ0v) is 9.73. The van der Waals surface area contributed by atoms with Crippen LogP contribution < -0.4 is 0 Å². The van der Waals surface area contributed by atoms with Crippen molar-refractivity contribution < 1.29 is 4.79 Å². The molecule has 0 amide bonds. The summed E-state index contributed by atoms with van der Waals surface area (Å²) in [5, 5.41) is 4.08. The van der Waals surface area contributed by atoms with Crippen LogP contribution in [0.2, 0.25) is 0 Å². The quantitative estimate of drug-likeness (QED) is 0.722. The highest BCUT2D eigenvalue weighted by molar-refractivity contribution is 5.51. The molecule has 2 rings (SSSR count). The van der Waals surface area contributed by atoms with E-state index in [0.717, 1.165) is 13.1 Å². The molecule has 0 fully saturated rings. The van der Waals surface area contributed by atoms with Crippen molar-refractivity contribution in [1.82, 2.24) is 10.0 Å². The molecule has 16 heavy (non-hydrogen) atoms. The number of hydrogen-bond acceptors (Lipinski definition) is 3. The lowest BCUT2D eigenvalue weighted by Gasteiger charge is -2.29. The van der Waals surface area contributed by atoms with Crippen molar-refractivity contribution in [3.63, 3.8) is 0 Å². The number of rotatable bonds is 3. The summed E-state index contributed by atoms with van der Waals surface area (Å²) >= 11 is 0. The van der Waals surface area contributed by atoms with Gasteiger partial charge in [-0.2, -0.15) is 0 Å². The van der Waals surface area contributed by atoms with Crippen LogP contribution in [0.25, 0.3) is 0 Å². The Morgan fingerprint density at radius 2 is 1.94 bits per heavy atom. The molecular weight excluding hydrogens is 200 g/mol. The number of hydrogen-bond donors (Lipinski definition) is 0. The van der Waals surface area contributed by atoms with E-state index in [2.05, 4.69) is 29.3 Å². The molecule has 1 heterocycles. The molecule has 0 unspecified atom stereocenters. The Hall–Kier alpha value is -1.57. The van der Waals surface area contributed by atoms with Gasteiger partial charge in [0.05, 0.1) is 0 Å². The Kier molecular flexibility index (Phi) is 3.09. The van der Waals surface area contributed by atoms with Crippen LogP contribution >= 0.6 is 0 Å². The van der Waals surface area contributed by atoms with Gasteiger partial charge in [-0.3, -0.25) is 0 Å². The Bertz CT molecular complexity index is 410.